The highest BCUT2D eigenvalue weighted by molar-refractivity contribution is 9.10. The second kappa shape index (κ2) is 5.15. The summed E-state index contributed by atoms with van der Waals surface area (Å²) >= 11 is 3.47. The third-order valence-corrected chi connectivity index (χ3v) is 3.60. The van der Waals surface area contributed by atoms with Gasteiger partial charge in [-0.1, -0.05) is 22.0 Å². The fourth-order valence-electron chi connectivity index (χ4n) is 2.13. The predicted octanol–water partition coefficient (Wildman–Crippen LogP) is 2.65. The molecule has 0 unspecified atom stereocenters. The number of benzene rings is 1. The molecule has 0 radical (unpaired) electrons. The Bertz CT molecular complexity index is 776. The van der Waals surface area contributed by atoms with Crippen molar-refractivity contribution >= 4 is 32.7 Å². The smallest absolute Gasteiger partial charge is 0.268 e. The molecule has 0 fully saturated rings. The van der Waals surface area contributed by atoms with Crippen LogP contribution in [0.5, 0.6) is 0 Å². The number of rotatable bonds is 3. The number of hydrogen-bond acceptors (Lipinski definition) is 3. The van der Waals surface area contributed by atoms with Crippen LogP contribution < -0.4 is 11.3 Å². The number of nitrogens with zero attached hydrogens (tertiary/aromatic N) is 1. The molecule has 0 aliphatic rings. The topological polar surface area (TPSA) is 73.2 Å². The maximum atomic E-state index is 11.4. The largest absolute Gasteiger partial charge is 0.467 e. The van der Waals surface area contributed by atoms with Crippen LogP contribution in [-0.4, -0.2) is 10.5 Å². The second-order valence-electron chi connectivity index (χ2n) is 4.42. The average molecular weight is 334 g/mol. The molecule has 3 aromatic rings. The van der Waals surface area contributed by atoms with Crippen LogP contribution in [0.4, 0.5) is 0 Å². The Balaban J connectivity index is 1.91. The summed E-state index contributed by atoms with van der Waals surface area (Å²) in [4.78, 5) is 11.4. The lowest BCUT2D eigenvalue weighted by molar-refractivity contribution is 0.0953. The molecule has 0 saturated heterocycles. The van der Waals surface area contributed by atoms with Crippen LogP contribution in [0.25, 0.3) is 10.9 Å². The Labute approximate surface area is 123 Å². The van der Waals surface area contributed by atoms with Crippen LogP contribution in [-0.2, 0) is 6.54 Å². The Morgan fingerprint density at radius 1 is 1.35 bits per heavy atom. The molecule has 0 bridgehead atoms. The molecule has 0 spiro atoms. The molecule has 2 aromatic heterocycles. The summed E-state index contributed by atoms with van der Waals surface area (Å²) in [6, 6.07) is 9.82. The Hall–Kier alpha value is -2.05. The molecule has 20 heavy (non-hydrogen) atoms. The number of fused-ring (bicyclic) bond motifs is 1. The van der Waals surface area contributed by atoms with Crippen molar-refractivity contribution in [2.24, 2.45) is 5.84 Å². The highest BCUT2D eigenvalue weighted by atomic mass is 79.9. The van der Waals surface area contributed by atoms with Crippen LogP contribution in [0.2, 0.25) is 0 Å². The van der Waals surface area contributed by atoms with Gasteiger partial charge in [0.25, 0.3) is 5.91 Å². The van der Waals surface area contributed by atoms with Gasteiger partial charge >= 0.3 is 0 Å². The number of nitrogens with one attached hydrogen (secondary N) is 1. The van der Waals surface area contributed by atoms with E-state index in [-0.39, 0.29) is 5.91 Å². The van der Waals surface area contributed by atoms with E-state index in [9.17, 15) is 4.79 Å². The molecule has 3 rings (SSSR count). The quantitative estimate of drug-likeness (QED) is 0.439. The van der Waals surface area contributed by atoms with Crippen molar-refractivity contribution in [3.8, 4) is 0 Å². The number of furan rings is 1. The Morgan fingerprint density at radius 2 is 2.20 bits per heavy atom. The van der Waals surface area contributed by atoms with Crippen molar-refractivity contribution in [2.45, 2.75) is 6.54 Å². The van der Waals surface area contributed by atoms with Gasteiger partial charge in [0.2, 0.25) is 0 Å². The highest BCUT2D eigenvalue weighted by Crippen LogP contribution is 2.22. The van der Waals surface area contributed by atoms with E-state index >= 15 is 0 Å². The van der Waals surface area contributed by atoms with Gasteiger partial charge < -0.3 is 8.98 Å². The highest BCUT2D eigenvalue weighted by Gasteiger charge is 2.10. The zero-order valence-electron chi connectivity index (χ0n) is 10.5. The molecule has 0 aliphatic heterocycles. The lowest BCUT2D eigenvalue weighted by Crippen LogP contribution is -2.29. The minimum Gasteiger partial charge on any atom is -0.467 e. The number of aromatic nitrogens is 1. The van der Waals surface area contributed by atoms with Crippen LogP contribution in [0.15, 0.2) is 51.7 Å². The van der Waals surface area contributed by atoms with E-state index in [1.807, 2.05) is 30.5 Å². The van der Waals surface area contributed by atoms with E-state index < -0.39 is 0 Å². The molecule has 3 N–H and O–H groups in total. The first-order valence-electron chi connectivity index (χ1n) is 6.00. The van der Waals surface area contributed by atoms with E-state index in [1.165, 1.54) is 6.26 Å². The lowest BCUT2D eigenvalue weighted by Gasteiger charge is -2.03. The van der Waals surface area contributed by atoms with E-state index in [0.29, 0.717) is 17.9 Å². The van der Waals surface area contributed by atoms with Gasteiger partial charge in [-0.3, -0.25) is 10.2 Å². The molecule has 1 amide bonds. The average Bonchev–Trinajstić information content (AvgIpc) is 3.06. The van der Waals surface area contributed by atoms with Gasteiger partial charge in [0.1, 0.15) is 12.0 Å². The van der Waals surface area contributed by atoms with E-state index in [1.54, 1.807) is 6.07 Å². The maximum absolute atomic E-state index is 11.4. The van der Waals surface area contributed by atoms with Gasteiger partial charge in [-0.05, 0) is 29.7 Å². The SMILES string of the molecule is NNC(=O)c1coc(Cn2ccc3ccc(Br)cc32)c1. The summed E-state index contributed by atoms with van der Waals surface area (Å²) in [5, 5.41) is 1.15. The molecule has 2 heterocycles. The Kier molecular flexibility index (Phi) is 3.33. The molecular formula is C14H12BrN3O2. The molecule has 1 aromatic carbocycles. The molecule has 102 valence electrons. The van der Waals surface area contributed by atoms with E-state index in [0.717, 1.165) is 15.4 Å². The van der Waals surface area contributed by atoms with Crippen molar-refractivity contribution in [3.63, 3.8) is 0 Å². The summed E-state index contributed by atoms with van der Waals surface area (Å²) in [5.41, 5.74) is 3.59. The van der Waals surface area contributed by atoms with E-state index in [4.69, 9.17) is 10.3 Å². The van der Waals surface area contributed by atoms with Gasteiger partial charge in [-0.25, -0.2) is 5.84 Å². The molecule has 0 atom stereocenters. The van der Waals surface area contributed by atoms with Crippen molar-refractivity contribution in [3.05, 3.63) is 58.6 Å². The number of halogens is 1. The third kappa shape index (κ3) is 2.35. The van der Waals surface area contributed by atoms with Crippen LogP contribution in [0.1, 0.15) is 16.1 Å². The molecule has 5 nitrogen and oxygen atoms in total. The number of amides is 1. The number of hydrogen-bond donors (Lipinski definition) is 2. The number of nitrogen functional groups attached to an aromatic ring is 1. The number of carbonyl (C=O) groups excluding carboxylic acids is 1. The molecular weight excluding hydrogens is 322 g/mol. The van der Waals surface area contributed by atoms with Crippen molar-refractivity contribution in [2.75, 3.05) is 0 Å². The number of hydrazine groups is 1. The summed E-state index contributed by atoms with van der Waals surface area (Å²) < 4.78 is 8.47. The fraction of sp³-hybridized carbons (Fsp3) is 0.0714. The predicted molar refractivity (Wildman–Crippen MR) is 79.1 cm³/mol. The van der Waals surface area contributed by atoms with Gasteiger partial charge in [-0.2, -0.15) is 0 Å². The normalized spacial score (nSPS) is 10.9. The van der Waals surface area contributed by atoms with Crippen LogP contribution in [0.3, 0.4) is 0 Å². The van der Waals surface area contributed by atoms with Crippen LogP contribution >= 0.6 is 15.9 Å². The standard InChI is InChI=1S/C14H12BrN3O2/c15-11-2-1-9-3-4-18(13(9)6-11)7-12-5-10(8-20-12)14(19)17-16/h1-6,8H,7,16H2,(H,17,19). The van der Waals surface area contributed by atoms with Crippen molar-refractivity contribution < 1.29 is 9.21 Å². The molecule has 6 heteroatoms. The van der Waals surface area contributed by atoms with Crippen molar-refractivity contribution in [1.82, 2.24) is 9.99 Å². The minimum absolute atomic E-state index is 0.361. The molecule has 0 saturated carbocycles. The minimum atomic E-state index is -0.361. The second-order valence-corrected chi connectivity index (χ2v) is 5.34. The number of nitrogens with two attached hydrogens (primary N) is 1. The summed E-state index contributed by atoms with van der Waals surface area (Å²) in [6.45, 7) is 0.553. The van der Waals surface area contributed by atoms with Crippen LogP contribution in [0, 0.1) is 0 Å². The first-order valence-corrected chi connectivity index (χ1v) is 6.79. The monoisotopic (exact) mass is 333 g/mol. The maximum Gasteiger partial charge on any atom is 0.268 e. The van der Waals surface area contributed by atoms with E-state index in [2.05, 4.69) is 25.9 Å². The van der Waals surface area contributed by atoms with Gasteiger partial charge in [-0.15, -0.1) is 0 Å². The molecule has 0 aliphatic carbocycles. The summed E-state index contributed by atoms with van der Waals surface area (Å²) in [7, 11) is 0. The zero-order chi connectivity index (χ0) is 14.1. The van der Waals surface area contributed by atoms with Crippen molar-refractivity contribution in [1.29, 1.82) is 0 Å². The van der Waals surface area contributed by atoms with Gasteiger partial charge in [0.05, 0.1) is 12.1 Å². The zero-order valence-corrected chi connectivity index (χ0v) is 12.1. The lowest BCUT2D eigenvalue weighted by atomic mass is 10.2. The summed E-state index contributed by atoms with van der Waals surface area (Å²) in [6.07, 6.45) is 3.39. The third-order valence-electron chi connectivity index (χ3n) is 3.11. The first kappa shape index (κ1) is 13.0. The first-order chi connectivity index (χ1) is 9.67. The fourth-order valence-corrected chi connectivity index (χ4v) is 2.48. The number of carbonyl (C=O) groups is 1. The van der Waals surface area contributed by atoms with Gasteiger partial charge in [0, 0.05) is 16.2 Å². The summed E-state index contributed by atoms with van der Waals surface area (Å²) in [5.74, 6) is 5.42. The Morgan fingerprint density at radius 3 is 3.00 bits per heavy atom. The van der Waals surface area contributed by atoms with Gasteiger partial charge in [0.15, 0.2) is 0 Å².